The van der Waals surface area contributed by atoms with E-state index in [1.807, 2.05) is 43.3 Å². The number of carbonyl (C=O) groups excluding carboxylic acids is 2. The van der Waals surface area contributed by atoms with E-state index in [1.165, 1.54) is 4.90 Å². The number of carbonyl (C=O) groups is 2. The fourth-order valence-electron chi connectivity index (χ4n) is 2.21. The van der Waals surface area contributed by atoms with Crippen molar-refractivity contribution in [2.24, 2.45) is 0 Å². The Morgan fingerprint density at radius 1 is 1.04 bits per heavy atom. The van der Waals surface area contributed by atoms with Gasteiger partial charge in [-0.1, -0.05) is 23.7 Å². The van der Waals surface area contributed by atoms with Crippen LogP contribution >= 0.6 is 11.6 Å². The molecule has 0 saturated heterocycles. The van der Waals surface area contributed by atoms with Crippen molar-refractivity contribution >= 4 is 29.2 Å². The summed E-state index contributed by atoms with van der Waals surface area (Å²) in [4.78, 5) is 27.6. The molecule has 0 saturated carbocycles. The first-order valence-corrected chi connectivity index (χ1v) is 8.17. The van der Waals surface area contributed by atoms with Gasteiger partial charge in [0, 0.05) is 38.4 Å². The lowest BCUT2D eigenvalue weighted by atomic mass is 10.2. The van der Waals surface area contributed by atoms with Crippen LogP contribution < -0.4 is 4.90 Å². The molecule has 6 heteroatoms. The van der Waals surface area contributed by atoms with E-state index >= 15 is 0 Å². The molecule has 0 unspecified atom stereocenters. The first-order chi connectivity index (χ1) is 11.9. The monoisotopic (exact) mass is 360 g/mol. The number of likely N-dealkylation sites (N-methyl/N-ethyl adjacent to an activating group) is 1. The summed E-state index contributed by atoms with van der Waals surface area (Å²) in [5.74, 6) is -0.798. The second kappa shape index (κ2) is 8.53. The van der Waals surface area contributed by atoms with Crippen molar-refractivity contribution in [1.29, 1.82) is 0 Å². The molecule has 0 heterocycles. The molecule has 2 aromatic carbocycles. The third-order valence-electron chi connectivity index (χ3n) is 3.68. The van der Waals surface area contributed by atoms with Gasteiger partial charge in [0.25, 0.3) is 5.91 Å². The number of halogens is 1. The molecule has 0 spiro atoms. The molecule has 2 rings (SSSR count). The number of esters is 1. The van der Waals surface area contributed by atoms with E-state index in [-0.39, 0.29) is 12.5 Å². The van der Waals surface area contributed by atoms with E-state index in [4.69, 9.17) is 16.3 Å². The van der Waals surface area contributed by atoms with Gasteiger partial charge in [-0.3, -0.25) is 4.79 Å². The van der Waals surface area contributed by atoms with Crippen LogP contribution in [-0.4, -0.2) is 44.5 Å². The van der Waals surface area contributed by atoms with Gasteiger partial charge in [0.15, 0.2) is 6.61 Å². The second-order valence-electron chi connectivity index (χ2n) is 5.90. The van der Waals surface area contributed by atoms with Crippen LogP contribution in [-0.2, 0) is 16.1 Å². The van der Waals surface area contributed by atoms with Crippen molar-refractivity contribution in [2.75, 3.05) is 32.6 Å². The van der Waals surface area contributed by atoms with Crippen molar-refractivity contribution in [1.82, 2.24) is 4.90 Å². The molecule has 25 heavy (non-hydrogen) atoms. The van der Waals surface area contributed by atoms with Gasteiger partial charge in [-0.15, -0.1) is 0 Å². The minimum atomic E-state index is -0.519. The molecule has 1 amide bonds. The Kier molecular flexibility index (Phi) is 6.42. The standard InChI is InChI=1S/C19H21ClN2O3/c1-21(2)17-9-7-15(8-10-17)19(24)25-13-18(23)22(3)12-14-5-4-6-16(20)11-14/h4-11H,12-13H2,1-3H3. The summed E-state index contributed by atoms with van der Waals surface area (Å²) < 4.78 is 5.10. The zero-order chi connectivity index (χ0) is 18.4. The summed E-state index contributed by atoms with van der Waals surface area (Å²) >= 11 is 5.93. The van der Waals surface area contributed by atoms with Gasteiger partial charge >= 0.3 is 5.97 Å². The Morgan fingerprint density at radius 3 is 2.32 bits per heavy atom. The summed E-state index contributed by atoms with van der Waals surface area (Å²) in [6.45, 7) is 0.0970. The van der Waals surface area contributed by atoms with Crippen molar-refractivity contribution in [3.05, 3.63) is 64.7 Å². The van der Waals surface area contributed by atoms with E-state index in [1.54, 1.807) is 31.3 Å². The molecule has 0 aliphatic carbocycles. The number of rotatable bonds is 6. The molecule has 0 atom stereocenters. The molecule has 5 nitrogen and oxygen atoms in total. The zero-order valence-corrected chi connectivity index (χ0v) is 15.3. The predicted molar refractivity (Wildman–Crippen MR) is 99.0 cm³/mol. The van der Waals surface area contributed by atoms with Crippen LogP contribution in [0.15, 0.2) is 48.5 Å². The molecular weight excluding hydrogens is 340 g/mol. The fourth-order valence-corrected chi connectivity index (χ4v) is 2.43. The van der Waals surface area contributed by atoms with Crippen molar-refractivity contribution in [3.63, 3.8) is 0 Å². The topological polar surface area (TPSA) is 49.9 Å². The molecule has 0 aliphatic heterocycles. The molecule has 2 aromatic rings. The van der Waals surface area contributed by atoms with Crippen LogP contribution in [0, 0.1) is 0 Å². The summed E-state index contributed by atoms with van der Waals surface area (Å²) in [5.41, 5.74) is 2.30. The Balaban J connectivity index is 1.86. The second-order valence-corrected chi connectivity index (χ2v) is 6.33. The molecule has 132 valence electrons. The maximum absolute atomic E-state index is 12.1. The normalized spacial score (nSPS) is 10.2. The first-order valence-electron chi connectivity index (χ1n) is 7.79. The lowest BCUT2D eigenvalue weighted by Crippen LogP contribution is -2.30. The molecule has 0 aliphatic rings. The number of hydrogen-bond donors (Lipinski definition) is 0. The third kappa shape index (κ3) is 5.50. The number of amides is 1. The van der Waals surface area contributed by atoms with Crippen molar-refractivity contribution in [2.45, 2.75) is 6.54 Å². The number of benzene rings is 2. The molecular formula is C19H21ClN2O3. The van der Waals surface area contributed by atoms with Crippen LogP contribution in [0.5, 0.6) is 0 Å². The molecule has 0 aromatic heterocycles. The lowest BCUT2D eigenvalue weighted by molar-refractivity contribution is -0.133. The van der Waals surface area contributed by atoms with Gasteiger partial charge < -0.3 is 14.5 Å². The molecule has 0 radical (unpaired) electrons. The molecule has 0 fully saturated rings. The van der Waals surface area contributed by atoms with Crippen LogP contribution in [0.25, 0.3) is 0 Å². The lowest BCUT2D eigenvalue weighted by Gasteiger charge is -2.17. The van der Waals surface area contributed by atoms with E-state index in [2.05, 4.69) is 0 Å². The fraction of sp³-hybridized carbons (Fsp3) is 0.263. The number of ether oxygens (including phenoxy) is 1. The summed E-state index contributed by atoms with van der Waals surface area (Å²) in [7, 11) is 5.49. The quantitative estimate of drug-likeness (QED) is 0.742. The first kappa shape index (κ1) is 18.8. The highest BCUT2D eigenvalue weighted by Crippen LogP contribution is 2.14. The minimum Gasteiger partial charge on any atom is -0.452 e. The smallest absolute Gasteiger partial charge is 0.338 e. The predicted octanol–water partition coefficient (Wildman–Crippen LogP) is 3.22. The summed E-state index contributed by atoms with van der Waals surface area (Å²) in [5, 5.41) is 0.617. The van der Waals surface area contributed by atoms with E-state index in [0.29, 0.717) is 17.1 Å². The maximum atomic E-state index is 12.1. The van der Waals surface area contributed by atoms with E-state index in [0.717, 1.165) is 11.3 Å². The average Bonchev–Trinajstić information content (AvgIpc) is 2.59. The molecule has 0 N–H and O–H groups in total. The highest BCUT2D eigenvalue weighted by molar-refractivity contribution is 6.30. The number of hydrogen-bond acceptors (Lipinski definition) is 4. The Labute approximate surface area is 152 Å². The molecule has 0 bridgehead atoms. The van der Waals surface area contributed by atoms with Gasteiger partial charge in [0.05, 0.1) is 5.56 Å². The minimum absolute atomic E-state index is 0.279. The third-order valence-corrected chi connectivity index (χ3v) is 3.92. The zero-order valence-electron chi connectivity index (χ0n) is 14.5. The van der Waals surface area contributed by atoms with Gasteiger partial charge in [0.2, 0.25) is 0 Å². The van der Waals surface area contributed by atoms with Crippen molar-refractivity contribution < 1.29 is 14.3 Å². The van der Waals surface area contributed by atoms with Gasteiger partial charge in [0.1, 0.15) is 0 Å². The van der Waals surface area contributed by atoms with Crippen LogP contribution in [0.2, 0.25) is 5.02 Å². The van der Waals surface area contributed by atoms with Crippen LogP contribution in [0.1, 0.15) is 15.9 Å². The van der Waals surface area contributed by atoms with Gasteiger partial charge in [-0.25, -0.2) is 4.79 Å². The van der Waals surface area contributed by atoms with E-state index in [9.17, 15) is 9.59 Å². The van der Waals surface area contributed by atoms with Crippen LogP contribution in [0.3, 0.4) is 0 Å². The highest BCUT2D eigenvalue weighted by atomic mass is 35.5. The maximum Gasteiger partial charge on any atom is 0.338 e. The Hall–Kier alpha value is -2.53. The highest BCUT2D eigenvalue weighted by Gasteiger charge is 2.14. The van der Waals surface area contributed by atoms with Gasteiger partial charge in [-0.05, 0) is 42.0 Å². The SMILES string of the molecule is CN(Cc1cccc(Cl)c1)C(=O)COC(=O)c1ccc(N(C)C)cc1. The van der Waals surface area contributed by atoms with Crippen molar-refractivity contribution in [3.8, 4) is 0 Å². The van der Waals surface area contributed by atoms with Gasteiger partial charge in [-0.2, -0.15) is 0 Å². The Bertz CT molecular complexity index is 745. The largest absolute Gasteiger partial charge is 0.452 e. The van der Waals surface area contributed by atoms with E-state index < -0.39 is 5.97 Å². The number of nitrogens with zero attached hydrogens (tertiary/aromatic N) is 2. The Morgan fingerprint density at radius 2 is 1.72 bits per heavy atom. The summed E-state index contributed by atoms with van der Waals surface area (Å²) in [6, 6.07) is 14.3. The summed E-state index contributed by atoms with van der Waals surface area (Å²) in [6.07, 6.45) is 0. The average molecular weight is 361 g/mol. The van der Waals surface area contributed by atoms with Crippen LogP contribution in [0.4, 0.5) is 5.69 Å². The number of anilines is 1.